The molecular formula is C26H28F4N6O3. The van der Waals surface area contributed by atoms with Gasteiger partial charge in [-0.05, 0) is 51.2 Å². The molecule has 2 aromatic rings. The molecule has 0 aromatic heterocycles. The van der Waals surface area contributed by atoms with E-state index in [1.807, 2.05) is 4.90 Å². The first-order valence-corrected chi connectivity index (χ1v) is 11.8. The number of likely N-dealkylation sites (N-methyl/N-ethyl adjacent to an activating group) is 1. The second-order valence-electron chi connectivity index (χ2n) is 9.69. The van der Waals surface area contributed by atoms with Crippen LogP contribution >= 0.6 is 0 Å². The van der Waals surface area contributed by atoms with E-state index in [-0.39, 0.29) is 23.1 Å². The van der Waals surface area contributed by atoms with Crippen molar-refractivity contribution >= 4 is 23.6 Å². The van der Waals surface area contributed by atoms with Crippen molar-refractivity contribution in [1.29, 1.82) is 5.26 Å². The molecule has 1 saturated heterocycles. The van der Waals surface area contributed by atoms with E-state index in [9.17, 15) is 22.9 Å². The molecule has 0 N–H and O–H groups in total. The molecule has 9 nitrogen and oxygen atoms in total. The number of anilines is 2. The third-order valence-electron chi connectivity index (χ3n) is 6.39. The number of nitriles is 1. The zero-order valence-electron chi connectivity index (χ0n) is 22.0. The maximum Gasteiger partial charge on any atom is 0.417 e. The van der Waals surface area contributed by atoms with Gasteiger partial charge in [0, 0.05) is 44.6 Å². The van der Waals surface area contributed by atoms with Crippen LogP contribution in [0, 0.1) is 22.1 Å². The fraction of sp³-hybridized carbons (Fsp3) is 0.423. The number of aldehydes is 1. The predicted molar refractivity (Wildman–Crippen MR) is 138 cm³/mol. The van der Waals surface area contributed by atoms with E-state index in [0.29, 0.717) is 19.4 Å². The average Bonchev–Trinajstić information content (AvgIpc) is 3.25. The van der Waals surface area contributed by atoms with Crippen LogP contribution in [0.2, 0.25) is 0 Å². The fourth-order valence-corrected chi connectivity index (χ4v) is 4.39. The largest absolute Gasteiger partial charge is 0.484 e. The number of alkyl halides is 3. The summed E-state index contributed by atoms with van der Waals surface area (Å²) in [7, 11) is 4.60. The van der Waals surface area contributed by atoms with Gasteiger partial charge in [0.05, 0.1) is 22.7 Å². The van der Waals surface area contributed by atoms with Crippen LogP contribution in [0.4, 0.5) is 28.9 Å². The van der Waals surface area contributed by atoms with E-state index in [1.165, 1.54) is 62.0 Å². The molecule has 2 aromatic carbocycles. The predicted octanol–water partition coefficient (Wildman–Crippen LogP) is 4.45. The van der Waals surface area contributed by atoms with E-state index in [1.54, 1.807) is 7.05 Å². The Kier molecular flexibility index (Phi) is 8.60. The highest BCUT2D eigenvalue weighted by molar-refractivity contribution is 6.09. The fourth-order valence-electron chi connectivity index (χ4n) is 4.39. The molecule has 0 saturated carbocycles. The molecule has 2 atom stereocenters. The van der Waals surface area contributed by atoms with Crippen molar-refractivity contribution in [2.45, 2.75) is 37.7 Å². The topological polar surface area (TPSA) is 102 Å². The monoisotopic (exact) mass is 548 g/mol. The summed E-state index contributed by atoms with van der Waals surface area (Å²) in [6.45, 7) is 3.83. The smallest absolute Gasteiger partial charge is 0.417 e. The number of likely N-dealkylation sites (tertiary alicyclic amines) is 1. The van der Waals surface area contributed by atoms with Gasteiger partial charge in [-0.3, -0.25) is 9.89 Å². The minimum Gasteiger partial charge on any atom is -0.484 e. The van der Waals surface area contributed by atoms with Crippen molar-refractivity contribution in [3.63, 3.8) is 0 Å². The van der Waals surface area contributed by atoms with Gasteiger partial charge in [-0.25, -0.2) is 4.39 Å². The summed E-state index contributed by atoms with van der Waals surface area (Å²) in [6.07, 6.45) is -4.82. The number of rotatable bonds is 7. The molecule has 3 rings (SSSR count). The van der Waals surface area contributed by atoms with Crippen LogP contribution < -0.4 is 14.5 Å². The molecule has 13 heteroatoms. The third kappa shape index (κ3) is 6.17. The number of hydrogen-bond donors (Lipinski definition) is 0. The van der Waals surface area contributed by atoms with E-state index >= 15 is 4.39 Å². The Bertz CT molecular complexity index is 1310. The number of aliphatic imine (C=N–C) groups is 1. The lowest BCUT2D eigenvalue weighted by Gasteiger charge is -2.40. The Labute approximate surface area is 223 Å². The summed E-state index contributed by atoms with van der Waals surface area (Å²) in [6, 6.07) is 7.97. The zero-order chi connectivity index (χ0) is 29.1. The molecule has 1 heterocycles. The van der Waals surface area contributed by atoms with Crippen LogP contribution in [-0.4, -0.2) is 69.1 Å². The Morgan fingerprint density at radius 3 is 2.38 bits per heavy atom. The Balaban J connectivity index is 2.02. The lowest BCUT2D eigenvalue weighted by molar-refractivity contribution is -0.137. The van der Waals surface area contributed by atoms with Gasteiger partial charge in [0.25, 0.3) is 0 Å². The Hall–Kier alpha value is -4.05. The number of halogens is 4. The molecule has 0 bridgehead atoms. The Morgan fingerprint density at radius 1 is 1.18 bits per heavy atom. The van der Waals surface area contributed by atoms with Crippen molar-refractivity contribution in [3.05, 3.63) is 58.2 Å². The maximum absolute atomic E-state index is 15.3. The first-order valence-electron chi connectivity index (χ1n) is 11.8. The van der Waals surface area contributed by atoms with Gasteiger partial charge in [0.1, 0.15) is 18.4 Å². The minimum atomic E-state index is -4.78. The van der Waals surface area contributed by atoms with Crippen LogP contribution in [0.25, 0.3) is 0 Å². The number of nitroso groups, excluding NO2 is 1. The third-order valence-corrected chi connectivity index (χ3v) is 6.39. The summed E-state index contributed by atoms with van der Waals surface area (Å²) in [5.41, 5.74) is -2.79. The number of nitrogens with zero attached hydrogens (tertiary/aromatic N) is 6. The van der Waals surface area contributed by atoms with E-state index in [0.717, 1.165) is 18.2 Å². The van der Waals surface area contributed by atoms with Crippen molar-refractivity contribution in [2.75, 3.05) is 44.0 Å². The summed E-state index contributed by atoms with van der Waals surface area (Å²) in [4.78, 5) is 32.0. The number of benzene rings is 2. The quantitative estimate of drug-likeness (QED) is 0.166. The first-order chi connectivity index (χ1) is 18.3. The molecular weight excluding hydrogens is 520 g/mol. The number of guanidine groups is 1. The van der Waals surface area contributed by atoms with Gasteiger partial charge in [0.15, 0.2) is 11.6 Å². The van der Waals surface area contributed by atoms with Gasteiger partial charge in [-0.1, -0.05) is 5.18 Å². The van der Waals surface area contributed by atoms with Crippen molar-refractivity contribution in [1.82, 2.24) is 4.90 Å². The van der Waals surface area contributed by atoms with Gasteiger partial charge in [-0.15, -0.1) is 0 Å². The normalized spacial score (nSPS) is 18.4. The minimum absolute atomic E-state index is 0.0284. The number of carbonyl (C=O) groups is 1. The second kappa shape index (κ2) is 11.4. The molecule has 208 valence electrons. The maximum atomic E-state index is 15.3. The molecule has 0 amide bonds. The van der Waals surface area contributed by atoms with Crippen molar-refractivity contribution in [2.24, 2.45) is 10.2 Å². The highest BCUT2D eigenvalue weighted by Crippen LogP contribution is 2.36. The first kappa shape index (κ1) is 29.5. The van der Waals surface area contributed by atoms with Gasteiger partial charge < -0.3 is 19.3 Å². The SMILES string of the molecule is CN=C(N(C)c1ccc(C#N)c(C(F)(F)F)c1)N(c1ccc(OC2CN(C)CC2N=O)c(F)c1)C(C)(C)C=O. The summed E-state index contributed by atoms with van der Waals surface area (Å²) in [5.74, 6) is -0.878. The molecule has 0 radical (unpaired) electrons. The number of ether oxygens (including phenoxy) is 1. The van der Waals surface area contributed by atoms with Crippen molar-refractivity contribution < 1.29 is 27.1 Å². The molecule has 1 aliphatic rings. The molecule has 0 spiro atoms. The van der Waals surface area contributed by atoms with Crippen LogP contribution in [-0.2, 0) is 11.0 Å². The summed E-state index contributed by atoms with van der Waals surface area (Å²) in [5, 5.41) is 12.2. The molecule has 1 fully saturated rings. The van der Waals surface area contributed by atoms with Crippen LogP contribution in [0.1, 0.15) is 25.0 Å². The van der Waals surface area contributed by atoms with Gasteiger partial charge in [-0.2, -0.15) is 23.3 Å². The molecule has 0 aliphatic carbocycles. The molecule has 39 heavy (non-hydrogen) atoms. The average molecular weight is 549 g/mol. The van der Waals surface area contributed by atoms with E-state index in [4.69, 9.17) is 10.00 Å². The van der Waals surface area contributed by atoms with Crippen molar-refractivity contribution in [3.8, 4) is 11.8 Å². The van der Waals surface area contributed by atoms with Crippen LogP contribution in [0.3, 0.4) is 0 Å². The van der Waals surface area contributed by atoms with Crippen LogP contribution in [0.5, 0.6) is 5.75 Å². The summed E-state index contributed by atoms with van der Waals surface area (Å²) < 4.78 is 61.8. The summed E-state index contributed by atoms with van der Waals surface area (Å²) >= 11 is 0. The van der Waals surface area contributed by atoms with Crippen LogP contribution in [0.15, 0.2) is 46.6 Å². The molecule has 2 unspecified atom stereocenters. The lowest BCUT2D eigenvalue weighted by atomic mass is 10.0. The zero-order valence-corrected chi connectivity index (χ0v) is 22.0. The van der Waals surface area contributed by atoms with Gasteiger partial charge in [0.2, 0.25) is 5.96 Å². The van der Waals surface area contributed by atoms with E-state index in [2.05, 4.69) is 10.2 Å². The van der Waals surface area contributed by atoms with E-state index < -0.39 is 40.8 Å². The Morgan fingerprint density at radius 2 is 1.85 bits per heavy atom. The number of hydrogen-bond acceptors (Lipinski definition) is 7. The highest BCUT2D eigenvalue weighted by atomic mass is 19.4. The highest BCUT2D eigenvalue weighted by Gasteiger charge is 2.37. The van der Waals surface area contributed by atoms with Gasteiger partial charge >= 0.3 is 6.18 Å². The molecule has 1 aliphatic heterocycles. The number of carbonyl (C=O) groups excluding carboxylic acids is 1. The lowest BCUT2D eigenvalue weighted by Crippen LogP contribution is -2.55. The standard InChI is InChI=1S/C26H28F4N6O3/c1-25(2,15-37)36(18-8-9-22(20(27)11-18)39-23-14-34(4)13-21(23)33-38)24(32-3)35(5)17-7-6-16(12-31)19(10-17)26(28,29)30/h6-11,15,21,23H,13-14H2,1-5H3. The second-order valence-corrected chi connectivity index (χ2v) is 9.69.